The molecule has 1 N–H and O–H groups in total. The lowest BCUT2D eigenvalue weighted by atomic mass is 10.2. The smallest absolute Gasteiger partial charge is 0.193 e. The second kappa shape index (κ2) is 12.4. The van der Waals surface area contributed by atoms with E-state index in [0.29, 0.717) is 12.1 Å². The summed E-state index contributed by atoms with van der Waals surface area (Å²) in [5, 5.41) is 3.46. The summed E-state index contributed by atoms with van der Waals surface area (Å²) >= 11 is 0. The van der Waals surface area contributed by atoms with Crippen molar-refractivity contribution >= 4 is 29.9 Å². The minimum atomic E-state index is 0. The van der Waals surface area contributed by atoms with E-state index in [-0.39, 0.29) is 24.0 Å². The number of methoxy groups -OCH3 is 1. The molecular weight excluding hydrogens is 427 g/mol. The SMILES string of the molecule is CN=C(NCCN(C(C)C)C(C)C)N(C)Cc1ccc(OC)cc1.I. The summed E-state index contributed by atoms with van der Waals surface area (Å²) in [5.74, 6) is 1.80. The molecule has 0 aliphatic heterocycles. The zero-order valence-corrected chi connectivity index (χ0v) is 19.1. The summed E-state index contributed by atoms with van der Waals surface area (Å²) in [4.78, 5) is 9.00. The van der Waals surface area contributed by atoms with Crippen LogP contribution in [-0.4, -0.2) is 62.1 Å². The zero-order chi connectivity index (χ0) is 18.1. The van der Waals surface area contributed by atoms with Crippen LogP contribution < -0.4 is 10.1 Å². The van der Waals surface area contributed by atoms with Crippen molar-refractivity contribution in [3.8, 4) is 5.75 Å². The Kier molecular flexibility index (Phi) is 11.8. The highest BCUT2D eigenvalue weighted by atomic mass is 127. The van der Waals surface area contributed by atoms with Gasteiger partial charge < -0.3 is 15.0 Å². The van der Waals surface area contributed by atoms with Crippen LogP contribution in [0.3, 0.4) is 0 Å². The van der Waals surface area contributed by atoms with Gasteiger partial charge in [0, 0.05) is 45.8 Å². The van der Waals surface area contributed by atoms with Crippen LogP contribution in [0.2, 0.25) is 0 Å². The summed E-state index contributed by atoms with van der Waals surface area (Å²) in [7, 11) is 5.57. The molecule has 0 amide bonds. The molecule has 0 saturated heterocycles. The summed E-state index contributed by atoms with van der Waals surface area (Å²) < 4.78 is 5.20. The number of nitrogens with zero attached hydrogens (tertiary/aromatic N) is 3. The molecule has 0 aliphatic rings. The maximum atomic E-state index is 5.20. The summed E-state index contributed by atoms with van der Waals surface area (Å²) in [6, 6.07) is 9.24. The number of aliphatic imine (C=N–C) groups is 1. The summed E-state index contributed by atoms with van der Waals surface area (Å²) in [5.41, 5.74) is 1.23. The van der Waals surface area contributed by atoms with Gasteiger partial charge in [0.15, 0.2) is 5.96 Å². The van der Waals surface area contributed by atoms with Crippen molar-refractivity contribution in [1.29, 1.82) is 0 Å². The first kappa shape index (κ1) is 24.0. The second-order valence-corrected chi connectivity index (χ2v) is 6.60. The van der Waals surface area contributed by atoms with Crippen LogP contribution in [-0.2, 0) is 6.54 Å². The average Bonchev–Trinajstić information content (AvgIpc) is 2.54. The molecule has 0 atom stereocenters. The van der Waals surface area contributed by atoms with E-state index in [2.05, 4.69) is 67.0 Å². The minimum Gasteiger partial charge on any atom is -0.497 e. The number of nitrogens with one attached hydrogen (secondary N) is 1. The Morgan fingerprint density at radius 2 is 1.68 bits per heavy atom. The molecule has 1 aromatic rings. The molecule has 0 fully saturated rings. The standard InChI is InChI=1S/C19H34N4O.HI/c1-15(2)23(16(3)4)13-12-21-19(20-5)22(6)14-17-8-10-18(24-7)11-9-17;/h8-11,15-16H,12-14H2,1-7H3,(H,20,21);1H. The molecule has 1 aromatic carbocycles. The van der Waals surface area contributed by atoms with E-state index in [0.717, 1.165) is 31.3 Å². The number of hydrogen-bond donors (Lipinski definition) is 1. The van der Waals surface area contributed by atoms with E-state index in [1.54, 1.807) is 7.11 Å². The first-order valence-electron chi connectivity index (χ1n) is 8.69. The predicted octanol–water partition coefficient (Wildman–Crippen LogP) is 3.44. The Morgan fingerprint density at radius 1 is 1.12 bits per heavy atom. The lowest BCUT2D eigenvalue weighted by Crippen LogP contribution is -2.45. The molecule has 0 aliphatic carbocycles. The van der Waals surface area contributed by atoms with Gasteiger partial charge in [0.1, 0.15) is 5.75 Å². The number of hydrogen-bond acceptors (Lipinski definition) is 3. The fraction of sp³-hybridized carbons (Fsp3) is 0.632. The van der Waals surface area contributed by atoms with Crippen molar-refractivity contribution in [2.45, 2.75) is 46.3 Å². The molecule has 0 aromatic heterocycles. The molecule has 1 rings (SSSR count). The fourth-order valence-electron chi connectivity index (χ4n) is 2.87. The minimum absolute atomic E-state index is 0. The highest BCUT2D eigenvalue weighted by Crippen LogP contribution is 2.12. The third-order valence-corrected chi connectivity index (χ3v) is 4.13. The first-order chi connectivity index (χ1) is 11.4. The fourth-order valence-corrected chi connectivity index (χ4v) is 2.87. The summed E-state index contributed by atoms with van der Waals surface area (Å²) in [6.07, 6.45) is 0. The van der Waals surface area contributed by atoms with Gasteiger partial charge in [0.25, 0.3) is 0 Å². The van der Waals surface area contributed by atoms with Gasteiger partial charge in [0.05, 0.1) is 7.11 Å². The van der Waals surface area contributed by atoms with E-state index in [1.165, 1.54) is 5.56 Å². The molecule has 0 bridgehead atoms. The maximum Gasteiger partial charge on any atom is 0.193 e. The Bertz CT molecular complexity index is 495. The van der Waals surface area contributed by atoms with Gasteiger partial charge in [-0.2, -0.15) is 0 Å². The van der Waals surface area contributed by atoms with Crippen LogP contribution >= 0.6 is 24.0 Å². The molecule has 0 radical (unpaired) electrons. The maximum absolute atomic E-state index is 5.20. The van der Waals surface area contributed by atoms with Gasteiger partial charge in [-0.25, -0.2) is 0 Å². The monoisotopic (exact) mass is 462 g/mol. The lowest BCUT2D eigenvalue weighted by molar-refractivity contribution is 0.178. The van der Waals surface area contributed by atoms with Crippen molar-refractivity contribution < 1.29 is 4.74 Å². The highest BCUT2D eigenvalue weighted by molar-refractivity contribution is 14.0. The van der Waals surface area contributed by atoms with Crippen molar-refractivity contribution in [3.63, 3.8) is 0 Å². The topological polar surface area (TPSA) is 40.1 Å². The molecule has 0 saturated carbocycles. The van der Waals surface area contributed by atoms with E-state index in [9.17, 15) is 0 Å². The van der Waals surface area contributed by atoms with Crippen LogP contribution in [0.25, 0.3) is 0 Å². The Balaban J connectivity index is 0.00000576. The van der Waals surface area contributed by atoms with Crippen LogP contribution in [0.15, 0.2) is 29.3 Å². The van der Waals surface area contributed by atoms with Crippen LogP contribution in [0.4, 0.5) is 0 Å². The number of guanidine groups is 1. The van der Waals surface area contributed by atoms with Crippen LogP contribution in [0.5, 0.6) is 5.75 Å². The van der Waals surface area contributed by atoms with Crippen molar-refractivity contribution in [2.75, 3.05) is 34.3 Å². The molecule has 5 nitrogen and oxygen atoms in total. The first-order valence-corrected chi connectivity index (χ1v) is 8.69. The average molecular weight is 462 g/mol. The number of ether oxygens (including phenoxy) is 1. The van der Waals surface area contributed by atoms with Crippen LogP contribution in [0, 0.1) is 0 Å². The van der Waals surface area contributed by atoms with E-state index in [1.807, 2.05) is 19.2 Å². The Hall–Kier alpha value is -1.02. The Morgan fingerprint density at radius 3 is 2.12 bits per heavy atom. The molecule has 0 spiro atoms. The molecule has 144 valence electrons. The molecule has 6 heteroatoms. The van der Waals surface area contributed by atoms with Crippen molar-refractivity contribution in [3.05, 3.63) is 29.8 Å². The highest BCUT2D eigenvalue weighted by Gasteiger charge is 2.13. The zero-order valence-electron chi connectivity index (χ0n) is 16.7. The van der Waals surface area contributed by atoms with E-state index >= 15 is 0 Å². The molecule has 0 unspecified atom stereocenters. The van der Waals surface area contributed by atoms with Gasteiger partial charge in [0.2, 0.25) is 0 Å². The lowest BCUT2D eigenvalue weighted by Gasteiger charge is -2.31. The third kappa shape index (κ3) is 8.27. The predicted molar refractivity (Wildman–Crippen MR) is 118 cm³/mol. The molecule has 0 heterocycles. The van der Waals surface area contributed by atoms with Gasteiger partial charge >= 0.3 is 0 Å². The molecular formula is C19H35IN4O. The Labute approximate surface area is 170 Å². The summed E-state index contributed by atoms with van der Waals surface area (Å²) in [6.45, 7) is 11.7. The van der Waals surface area contributed by atoms with Gasteiger partial charge in [-0.1, -0.05) is 12.1 Å². The number of benzene rings is 1. The quantitative estimate of drug-likeness (QED) is 0.365. The van der Waals surface area contributed by atoms with Crippen molar-refractivity contribution in [1.82, 2.24) is 15.1 Å². The third-order valence-electron chi connectivity index (χ3n) is 4.13. The van der Waals surface area contributed by atoms with Gasteiger partial charge in [-0.05, 0) is 45.4 Å². The van der Waals surface area contributed by atoms with E-state index < -0.39 is 0 Å². The molecule has 25 heavy (non-hydrogen) atoms. The normalized spacial score (nSPS) is 11.7. The number of halogens is 1. The van der Waals surface area contributed by atoms with E-state index in [4.69, 9.17) is 4.74 Å². The van der Waals surface area contributed by atoms with Crippen molar-refractivity contribution in [2.24, 2.45) is 4.99 Å². The van der Waals surface area contributed by atoms with Gasteiger partial charge in [-0.3, -0.25) is 9.89 Å². The van der Waals surface area contributed by atoms with Crippen LogP contribution in [0.1, 0.15) is 33.3 Å². The van der Waals surface area contributed by atoms with Gasteiger partial charge in [-0.15, -0.1) is 24.0 Å². The number of rotatable bonds is 8. The second-order valence-electron chi connectivity index (χ2n) is 6.60. The largest absolute Gasteiger partial charge is 0.497 e.